The number of nitrogens with one attached hydrogen (secondary N) is 1. The van der Waals surface area contributed by atoms with Crippen molar-refractivity contribution in [2.45, 2.75) is 6.42 Å². The smallest absolute Gasteiger partial charge is 0.193 e. The minimum absolute atomic E-state index is 0. The number of rotatable bonds is 9. The van der Waals surface area contributed by atoms with Crippen LogP contribution in [0.1, 0.15) is 6.42 Å². The molecule has 0 saturated carbocycles. The Labute approximate surface area is 172 Å². The van der Waals surface area contributed by atoms with Gasteiger partial charge in [-0.25, -0.2) is 4.39 Å². The van der Waals surface area contributed by atoms with Crippen LogP contribution in [0.3, 0.4) is 0 Å². The van der Waals surface area contributed by atoms with Crippen molar-refractivity contribution in [3.63, 3.8) is 0 Å². The summed E-state index contributed by atoms with van der Waals surface area (Å²) in [5, 5.41) is 3.29. The molecule has 0 aromatic heterocycles. The summed E-state index contributed by atoms with van der Waals surface area (Å²) in [6.07, 6.45) is 1.09. The van der Waals surface area contributed by atoms with Gasteiger partial charge in [0.15, 0.2) is 5.96 Å². The molecule has 1 N–H and O–H groups in total. The van der Waals surface area contributed by atoms with Gasteiger partial charge in [-0.05, 0) is 18.6 Å². The molecular formula is C18H29FIN3O3. The van der Waals surface area contributed by atoms with Crippen LogP contribution in [0.25, 0.3) is 0 Å². The fraction of sp³-hybridized carbons (Fsp3) is 0.611. The summed E-state index contributed by atoms with van der Waals surface area (Å²) < 4.78 is 29.2. The van der Waals surface area contributed by atoms with E-state index in [1.165, 1.54) is 12.1 Å². The molecule has 0 aliphatic carbocycles. The van der Waals surface area contributed by atoms with E-state index in [1.807, 2.05) is 0 Å². The summed E-state index contributed by atoms with van der Waals surface area (Å²) in [7, 11) is 3.45. The van der Waals surface area contributed by atoms with Gasteiger partial charge >= 0.3 is 0 Å². The number of aliphatic imine (C=N–C) groups is 1. The summed E-state index contributed by atoms with van der Waals surface area (Å²) >= 11 is 0. The number of nitrogens with zero attached hydrogens (tertiary/aromatic N) is 2. The summed E-state index contributed by atoms with van der Waals surface area (Å²) in [4.78, 5) is 6.56. The molecular weight excluding hydrogens is 452 g/mol. The fourth-order valence-electron chi connectivity index (χ4n) is 2.77. The Morgan fingerprint density at radius 1 is 1.35 bits per heavy atom. The second-order valence-electron chi connectivity index (χ2n) is 5.95. The molecule has 6 nitrogen and oxygen atoms in total. The molecule has 1 saturated heterocycles. The topological polar surface area (TPSA) is 55.3 Å². The highest BCUT2D eigenvalue weighted by Gasteiger charge is 2.24. The first kappa shape index (κ1) is 22.9. The van der Waals surface area contributed by atoms with Crippen molar-refractivity contribution in [1.29, 1.82) is 0 Å². The molecule has 1 heterocycles. The molecule has 2 rings (SSSR count). The second kappa shape index (κ2) is 13.1. The van der Waals surface area contributed by atoms with Gasteiger partial charge < -0.3 is 24.4 Å². The molecule has 148 valence electrons. The summed E-state index contributed by atoms with van der Waals surface area (Å²) in [5.74, 6) is 1.62. The molecule has 8 heteroatoms. The third kappa shape index (κ3) is 8.05. The van der Waals surface area contributed by atoms with E-state index in [9.17, 15) is 4.39 Å². The zero-order chi connectivity index (χ0) is 17.9. The molecule has 1 unspecified atom stereocenters. The first-order valence-corrected chi connectivity index (χ1v) is 8.63. The third-order valence-corrected chi connectivity index (χ3v) is 4.03. The first-order valence-electron chi connectivity index (χ1n) is 8.63. The lowest BCUT2D eigenvalue weighted by Gasteiger charge is -2.21. The van der Waals surface area contributed by atoms with Gasteiger partial charge in [0.2, 0.25) is 0 Å². The van der Waals surface area contributed by atoms with E-state index >= 15 is 0 Å². The Bertz CT molecular complexity index is 548. The Kier molecular flexibility index (Phi) is 11.5. The van der Waals surface area contributed by atoms with E-state index in [2.05, 4.69) is 15.2 Å². The standard InChI is InChI=1S/C18H28FN3O3.HI/c1-20-18(21-7-9-25-17-5-3-4-16(19)12-17)22-8-6-15(13-22)14-24-11-10-23-2;/h3-5,12,15H,6-11,13-14H2,1-2H3,(H,20,21);1H. The maximum Gasteiger partial charge on any atom is 0.193 e. The molecule has 1 aromatic carbocycles. The number of guanidine groups is 1. The van der Waals surface area contributed by atoms with Gasteiger partial charge in [-0.15, -0.1) is 24.0 Å². The third-order valence-electron chi connectivity index (χ3n) is 4.03. The van der Waals surface area contributed by atoms with Gasteiger partial charge in [0.25, 0.3) is 0 Å². The van der Waals surface area contributed by atoms with Crippen LogP contribution in [0.2, 0.25) is 0 Å². The Morgan fingerprint density at radius 2 is 2.19 bits per heavy atom. The van der Waals surface area contributed by atoms with Crippen molar-refractivity contribution in [2.75, 3.05) is 60.2 Å². The second-order valence-corrected chi connectivity index (χ2v) is 5.95. The molecule has 0 amide bonds. The normalized spacial score (nSPS) is 17.1. The highest BCUT2D eigenvalue weighted by Crippen LogP contribution is 2.16. The van der Waals surface area contributed by atoms with Gasteiger partial charge in [0.05, 0.1) is 26.4 Å². The monoisotopic (exact) mass is 481 g/mol. The quantitative estimate of drug-likeness (QED) is 0.254. The molecule has 0 radical (unpaired) electrons. The SMILES string of the molecule is CN=C(NCCOc1cccc(F)c1)N1CCC(COCCOC)C1.I. The van der Waals surface area contributed by atoms with E-state index in [0.717, 1.165) is 32.1 Å². The van der Waals surface area contributed by atoms with E-state index in [-0.39, 0.29) is 29.8 Å². The van der Waals surface area contributed by atoms with Crippen LogP contribution < -0.4 is 10.1 Å². The number of halogens is 2. The highest BCUT2D eigenvalue weighted by atomic mass is 127. The summed E-state index contributed by atoms with van der Waals surface area (Å²) in [6, 6.07) is 6.15. The Morgan fingerprint density at radius 3 is 2.92 bits per heavy atom. The molecule has 0 bridgehead atoms. The fourth-order valence-corrected chi connectivity index (χ4v) is 2.77. The predicted molar refractivity (Wildman–Crippen MR) is 111 cm³/mol. The minimum atomic E-state index is -0.294. The van der Waals surface area contributed by atoms with Gasteiger partial charge in [0.1, 0.15) is 18.2 Å². The van der Waals surface area contributed by atoms with Crippen LogP contribution in [0, 0.1) is 11.7 Å². The molecule has 26 heavy (non-hydrogen) atoms. The highest BCUT2D eigenvalue weighted by molar-refractivity contribution is 14.0. The van der Waals surface area contributed by atoms with Crippen molar-refractivity contribution in [1.82, 2.24) is 10.2 Å². The first-order chi connectivity index (χ1) is 12.2. The lowest BCUT2D eigenvalue weighted by molar-refractivity contribution is 0.0536. The number of hydrogen-bond acceptors (Lipinski definition) is 4. The number of likely N-dealkylation sites (tertiary alicyclic amines) is 1. The minimum Gasteiger partial charge on any atom is -0.492 e. The largest absolute Gasteiger partial charge is 0.492 e. The van der Waals surface area contributed by atoms with Crippen molar-refractivity contribution in [2.24, 2.45) is 10.9 Å². The molecule has 1 aliphatic rings. The molecule has 0 spiro atoms. The van der Waals surface area contributed by atoms with Gasteiger partial charge in [-0.1, -0.05) is 6.07 Å². The van der Waals surface area contributed by atoms with Crippen molar-refractivity contribution >= 4 is 29.9 Å². The van der Waals surface area contributed by atoms with E-state index < -0.39 is 0 Å². The Balaban J connectivity index is 0.00000338. The zero-order valence-electron chi connectivity index (χ0n) is 15.4. The van der Waals surface area contributed by atoms with Crippen LogP contribution >= 0.6 is 24.0 Å². The zero-order valence-corrected chi connectivity index (χ0v) is 17.8. The van der Waals surface area contributed by atoms with Crippen molar-refractivity contribution in [3.05, 3.63) is 30.1 Å². The number of hydrogen-bond donors (Lipinski definition) is 1. The maximum atomic E-state index is 13.1. The summed E-state index contributed by atoms with van der Waals surface area (Å²) in [5.41, 5.74) is 0. The van der Waals surface area contributed by atoms with Crippen LogP contribution in [0.15, 0.2) is 29.3 Å². The van der Waals surface area contributed by atoms with Crippen LogP contribution in [0.4, 0.5) is 4.39 Å². The lowest BCUT2D eigenvalue weighted by Crippen LogP contribution is -2.41. The average molecular weight is 481 g/mol. The van der Waals surface area contributed by atoms with Crippen LogP contribution in [0.5, 0.6) is 5.75 Å². The molecule has 1 fully saturated rings. The lowest BCUT2D eigenvalue weighted by atomic mass is 10.1. The van der Waals surface area contributed by atoms with Crippen molar-refractivity contribution in [3.8, 4) is 5.75 Å². The molecule has 1 atom stereocenters. The summed E-state index contributed by atoms with van der Waals surface area (Å²) in [6.45, 7) is 4.95. The van der Waals surface area contributed by atoms with Crippen LogP contribution in [-0.2, 0) is 9.47 Å². The number of ether oxygens (including phenoxy) is 3. The molecule has 1 aromatic rings. The molecule has 1 aliphatic heterocycles. The van der Waals surface area contributed by atoms with Gasteiger partial charge in [0, 0.05) is 39.2 Å². The van der Waals surface area contributed by atoms with Crippen LogP contribution in [-0.4, -0.2) is 71.1 Å². The maximum absolute atomic E-state index is 13.1. The van der Waals surface area contributed by atoms with Crippen molar-refractivity contribution < 1.29 is 18.6 Å². The number of benzene rings is 1. The van der Waals surface area contributed by atoms with Gasteiger partial charge in [-0.2, -0.15) is 0 Å². The Hall–Kier alpha value is -1.13. The predicted octanol–water partition coefficient (Wildman–Crippen LogP) is 2.38. The van der Waals surface area contributed by atoms with E-state index in [4.69, 9.17) is 14.2 Å². The number of methoxy groups -OCH3 is 1. The van der Waals surface area contributed by atoms with Gasteiger partial charge in [-0.3, -0.25) is 4.99 Å². The average Bonchev–Trinajstić information content (AvgIpc) is 3.07. The van der Waals surface area contributed by atoms with E-state index in [1.54, 1.807) is 26.3 Å². The van der Waals surface area contributed by atoms with E-state index in [0.29, 0.717) is 38.0 Å².